The smallest absolute Gasteiger partial charge is 0.229 e. The van der Waals surface area contributed by atoms with Gasteiger partial charge in [-0.3, -0.25) is 4.79 Å². The average Bonchev–Trinajstić information content (AvgIpc) is 2.81. The maximum Gasteiger partial charge on any atom is 0.229 e. The quantitative estimate of drug-likeness (QED) is 0.370. The molecular weight excluding hydrogens is 424 g/mol. The Morgan fingerprint density at radius 2 is 1.72 bits per heavy atom. The van der Waals surface area contributed by atoms with Gasteiger partial charge in [0, 0.05) is 0 Å². The Balaban J connectivity index is 1.73. The first kappa shape index (κ1) is 22.1. The van der Waals surface area contributed by atoms with Crippen LogP contribution in [-0.4, -0.2) is 70.0 Å². The van der Waals surface area contributed by atoms with E-state index < -0.39 is 48.5 Å². The first-order chi connectivity index (χ1) is 15.3. The van der Waals surface area contributed by atoms with Gasteiger partial charge in [-0.15, -0.1) is 0 Å². The number of rotatable bonds is 5. The fraction of sp³-hybridized carbons (Fsp3) is 0.318. The second-order valence-electron chi connectivity index (χ2n) is 7.31. The van der Waals surface area contributed by atoms with Crippen LogP contribution < -0.4 is 14.9 Å². The van der Waals surface area contributed by atoms with Crippen molar-refractivity contribution < 1.29 is 44.2 Å². The highest BCUT2D eigenvalue weighted by molar-refractivity contribution is 5.88. The third-order valence-electron chi connectivity index (χ3n) is 5.36. The Morgan fingerprint density at radius 3 is 2.38 bits per heavy atom. The van der Waals surface area contributed by atoms with Crippen molar-refractivity contribution >= 4 is 11.0 Å². The highest BCUT2D eigenvalue weighted by atomic mass is 16.7. The number of phenols is 1. The van der Waals surface area contributed by atoms with E-state index in [1.165, 1.54) is 25.5 Å². The summed E-state index contributed by atoms with van der Waals surface area (Å²) in [5.74, 6) is -0.0842. The van der Waals surface area contributed by atoms with Crippen LogP contribution in [0.1, 0.15) is 0 Å². The van der Waals surface area contributed by atoms with Crippen molar-refractivity contribution in [2.24, 2.45) is 0 Å². The van der Waals surface area contributed by atoms with E-state index in [0.29, 0.717) is 11.3 Å². The maximum absolute atomic E-state index is 13.1. The van der Waals surface area contributed by atoms with Gasteiger partial charge in [-0.2, -0.15) is 0 Å². The number of aromatic hydroxyl groups is 1. The lowest BCUT2D eigenvalue weighted by molar-refractivity contribution is -0.277. The summed E-state index contributed by atoms with van der Waals surface area (Å²) < 4.78 is 21.6. The zero-order valence-corrected chi connectivity index (χ0v) is 16.9. The summed E-state index contributed by atoms with van der Waals surface area (Å²) in [6.07, 6.45) is -6.49. The van der Waals surface area contributed by atoms with Crippen molar-refractivity contribution in [3.8, 4) is 28.4 Å². The highest BCUT2D eigenvalue weighted by Crippen LogP contribution is 2.37. The molecule has 1 aromatic heterocycles. The molecule has 5 unspecified atom stereocenters. The van der Waals surface area contributed by atoms with Crippen molar-refractivity contribution in [1.29, 1.82) is 0 Å². The van der Waals surface area contributed by atoms with Gasteiger partial charge in [-0.25, -0.2) is 0 Å². The summed E-state index contributed by atoms with van der Waals surface area (Å²) in [5.41, 5.74) is 0.356. The number of ether oxygens (including phenoxy) is 3. The van der Waals surface area contributed by atoms with E-state index in [1.54, 1.807) is 24.3 Å². The Hall–Kier alpha value is -3.15. The van der Waals surface area contributed by atoms with Crippen LogP contribution in [0.3, 0.4) is 0 Å². The molecule has 1 saturated heterocycles. The van der Waals surface area contributed by atoms with E-state index in [1.807, 2.05) is 0 Å². The summed E-state index contributed by atoms with van der Waals surface area (Å²) in [4.78, 5) is 13.1. The third-order valence-corrected chi connectivity index (χ3v) is 5.36. The van der Waals surface area contributed by atoms with Gasteiger partial charge in [-0.1, -0.05) is 12.1 Å². The van der Waals surface area contributed by atoms with Gasteiger partial charge < -0.3 is 44.2 Å². The van der Waals surface area contributed by atoms with Gasteiger partial charge in [0.15, 0.2) is 11.3 Å². The third kappa shape index (κ3) is 3.78. The molecule has 10 nitrogen and oxygen atoms in total. The molecule has 1 fully saturated rings. The average molecular weight is 446 g/mol. The molecule has 0 spiro atoms. The van der Waals surface area contributed by atoms with E-state index in [0.717, 1.165) is 0 Å². The van der Waals surface area contributed by atoms with Crippen LogP contribution >= 0.6 is 0 Å². The predicted molar refractivity (Wildman–Crippen MR) is 111 cm³/mol. The molecule has 170 valence electrons. The van der Waals surface area contributed by atoms with Crippen LogP contribution in [0.15, 0.2) is 51.9 Å². The minimum Gasteiger partial charge on any atom is -0.504 e. The molecule has 5 N–H and O–H groups in total. The molecule has 32 heavy (non-hydrogen) atoms. The molecule has 1 aliphatic heterocycles. The van der Waals surface area contributed by atoms with Crippen LogP contribution in [0.5, 0.6) is 17.2 Å². The molecule has 3 aromatic rings. The minimum absolute atomic E-state index is 0.0932. The normalized spacial score (nSPS) is 25.6. The highest BCUT2D eigenvalue weighted by Gasteiger charge is 2.45. The molecule has 1 aliphatic rings. The van der Waals surface area contributed by atoms with Crippen LogP contribution in [0.4, 0.5) is 0 Å². The number of methoxy groups -OCH3 is 1. The summed E-state index contributed by atoms with van der Waals surface area (Å²) in [6, 6.07) is 9.37. The minimum atomic E-state index is -1.70. The van der Waals surface area contributed by atoms with E-state index in [4.69, 9.17) is 18.6 Å². The summed E-state index contributed by atoms with van der Waals surface area (Å²) in [5, 5.41) is 49.8. The van der Waals surface area contributed by atoms with Gasteiger partial charge in [-0.05, 0) is 29.8 Å². The predicted octanol–water partition coefficient (Wildman–Crippen LogP) is 0.353. The molecule has 10 heteroatoms. The lowest BCUT2D eigenvalue weighted by Gasteiger charge is -2.39. The van der Waals surface area contributed by atoms with E-state index >= 15 is 0 Å². The van der Waals surface area contributed by atoms with Crippen molar-refractivity contribution in [2.75, 3.05) is 13.7 Å². The monoisotopic (exact) mass is 446 g/mol. The fourth-order valence-corrected chi connectivity index (χ4v) is 3.53. The summed E-state index contributed by atoms with van der Waals surface area (Å²) in [6.45, 7) is -0.646. The second kappa shape index (κ2) is 8.77. The van der Waals surface area contributed by atoms with Crippen LogP contribution in [0, 0.1) is 0 Å². The number of fused-ring (bicyclic) bond motifs is 1. The number of hydrogen-bond acceptors (Lipinski definition) is 10. The Kier molecular flexibility index (Phi) is 6.04. The lowest BCUT2D eigenvalue weighted by Crippen LogP contribution is -2.60. The summed E-state index contributed by atoms with van der Waals surface area (Å²) >= 11 is 0. The zero-order valence-electron chi connectivity index (χ0n) is 16.9. The van der Waals surface area contributed by atoms with Crippen molar-refractivity contribution in [2.45, 2.75) is 30.7 Å². The standard InChI is InChI=1S/C22H22O10/c1-29-11-4-2-10(3-5-11)13-9-30-20-12(16(13)25)6-7-14(24)21(20)32-22-19(28)18(27)17(26)15(8-23)31-22/h2-7,9,15,17-19,22-24,26-28H,8H2,1H3. The Bertz CT molecular complexity index is 1150. The van der Waals surface area contributed by atoms with Crippen molar-refractivity contribution in [3.63, 3.8) is 0 Å². The maximum atomic E-state index is 13.1. The second-order valence-corrected chi connectivity index (χ2v) is 7.31. The molecule has 0 bridgehead atoms. The number of aliphatic hydroxyl groups is 4. The van der Waals surface area contributed by atoms with Crippen LogP contribution in [-0.2, 0) is 4.74 Å². The van der Waals surface area contributed by atoms with Crippen molar-refractivity contribution in [3.05, 3.63) is 52.9 Å². The Labute approximate surface area is 181 Å². The lowest BCUT2D eigenvalue weighted by atomic mass is 9.99. The number of phenolic OH excluding ortho intramolecular Hbond substituents is 1. The molecule has 2 heterocycles. The zero-order chi connectivity index (χ0) is 23.0. The number of hydrogen-bond donors (Lipinski definition) is 5. The SMILES string of the molecule is COc1ccc(-c2coc3c(OC4OC(CO)C(O)C(O)C4O)c(O)ccc3c2=O)cc1. The molecule has 5 atom stereocenters. The van der Waals surface area contributed by atoms with Crippen LogP contribution in [0.2, 0.25) is 0 Å². The van der Waals surface area contributed by atoms with E-state index in [2.05, 4.69) is 0 Å². The molecule has 0 radical (unpaired) electrons. The van der Waals surface area contributed by atoms with Crippen LogP contribution in [0.25, 0.3) is 22.1 Å². The van der Waals surface area contributed by atoms with Gasteiger partial charge in [0.25, 0.3) is 0 Å². The Morgan fingerprint density at radius 1 is 1.00 bits per heavy atom. The van der Waals surface area contributed by atoms with Gasteiger partial charge in [0.05, 0.1) is 24.7 Å². The molecular formula is C22H22O10. The molecule has 4 rings (SSSR count). The first-order valence-corrected chi connectivity index (χ1v) is 9.74. The van der Waals surface area contributed by atoms with Gasteiger partial charge in [0.1, 0.15) is 36.4 Å². The molecule has 2 aromatic carbocycles. The molecule has 0 saturated carbocycles. The number of benzene rings is 2. The first-order valence-electron chi connectivity index (χ1n) is 9.74. The molecule has 0 amide bonds. The largest absolute Gasteiger partial charge is 0.504 e. The summed E-state index contributed by atoms with van der Waals surface area (Å²) in [7, 11) is 1.53. The fourth-order valence-electron chi connectivity index (χ4n) is 3.53. The number of aliphatic hydroxyl groups excluding tert-OH is 4. The topological polar surface area (TPSA) is 159 Å². The van der Waals surface area contributed by atoms with E-state index in [-0.39, 0.29) is 22.3 Å². The van der Waals surface area contributed by atoms with E-state index in [9.17, 15) is 30.3 Å². The van der Waals surface area contributed by atoms with Crippen molar-refractivity contribution in [1.82, 2.24) is 0 Å². The molecule has 0 aliphatic carbocycles. The van der Waals surface area contributed by atoms with Gasteiger partial charge in [0.2, 0.25) is 17.5 Å². The van der Waals surface area contributed by atoms with Gasteiger partial charge >= 0.3 is 0 Å².